The molecule has 0 saturated carbocycles. The molecule has 2 rings (SSSR count). The first-order valence-corrected chi connectivity index (χ1v) is 7.94. The van der Waals surface area contributed by atoms with E-state index in [9.17, 15) is 9.59 Å². The molecule has 0 bridgehead atoms. The molecule has 0 aliphatic heterocycles. The number of anilines is 1. The number of rotatable bonds is 6. The van der Waals surface area contributed by atoms with Gasteiger partial charge >= 0.3 is 0 Å². The average Bonchev–Trinajstić information content (AvgIpc) is 2.59. The van der Waals surface area contributed by atoms with E-state index in [1.165, 1.54) is 4.90 Å². The van der Waals surface area contributed by atoms with Crippen LogP contribution >= 0.6 is 0 Å². The lowest BCUT2D eigenvalue weighted by atomic mass is 10.1. The minimum Gasteiger partial charge on any atom is -0.345 e. The molecule has 2 N–H and O–H groups in total. The molecule has 0 spiro atoms. The Morgan fingerprint density at radius 2 is 1.71 bits per heavy atom. The average molecular weight is 325 g/mol. The van der Waals surface area contributed by atoms with Gasteiger partial charge in [0.2, 0.25) is 0 Å². The molecule has 2 aromatic carbocycles. The Labute approximate surface area is 142 Å². The van der Waals surface area contributed by atoms with Gasteiger partial charge in [-0.1, -0.05) is 25.1 Å². The summed E-state index contributed by atoms with van der Waals surface area (Å²) in [7, 11) is 3.37. The Balaban J connectivity index is 2.12. The topological polar surface area (TPSA) is 61.4 Å². The summed E-state index contributed by atoms with van der Waals surface area (Å²) in [5.41, 5.74) is 2.79. The first-order valence-electron chi connectivity index (χ1n) is 7.94. The van der Waals surface area contributed by atoms with Gasteiger partial charge in [0.15, 0.2) is 0 Å². The summed E-state index contributed by atoms with van der Waals surface area (Å²) in [6.07, 6.45) is 0. The summed E-state index contributed by atoms with van der Waals surface area (Å²) < 4.78 is 0. The molecule has 5 heteroatoms. The second kappa shape index (κ2) is 8.26. The maximum absolute atomic E-state index is 12.4. The van der Waals surface area contributed by atoms with Crippen molar-refractivity contribution in [3.8, 4) is 0 Å². The molecule has 2 amide bonds. The first-order chi connectivity index (χ1) is 11.5. The predicted molar refractivity (Wildman–Crippen MR) is 96.2 cm³/mol. The predicted octanol–water partition coefficient (Wildman–Crippen LogP) is 2.75. The Morgan fingerprint density at radius 1 is 1.00 bits per heavy atom. The zero-order valence-corrected chi connectivity index (χ0v) is 14.3. The van der Waals surface area contributed by atoms with E-state index in [-0.39, 0.29) is 11.8 Å². The normalized spacial score (nSPS) is 10.3. The van der Waals surface area contributed by atoms with Crippen LogP contribution in [0.3, 0.4) is 0 Å². The maximum atomic E-state index is 12.4. The van der Waals surface area contributed by atoms with Crippen LogP contribution in [0, 0.1) is 0 Å². The number of hydrogen-bond donors (Lipinski definition) is 2. The number of carbonyl (C=O) groups excluding carboxylic acids is 2. The van der Waals surface area contributed by atoms with Gasteiger partial charge in [-0.05, 0) is 42.4 Å². The summed E-state index contributed by atoms with van der Waals surface area (Å²) in [4.78, 5) is 25.9. The van der Waals surface area contributed by atoms with Crippen LogP contribution in [0.1, 0.15) is 33.2 Å². The summed E-state index contributed by atoms with van der Waals surface area (Å²) in [5, 5.41) is 6.13. The van der Waals surface area contributed by atoms with Crippen LogP contribution in [0.2, 0.25) is 0 Å². The molecule has 5 nitrogen and oxygen atoms in total. The van der Waals surface area contributed by atoms with E-state index in [2.05, 4.69) is 10.6 Å². The van der Waals surface area contributed by atoms with E-state index in [1.54, 1.807) is 38.4 Å². The van der Waals surface area contributed by atoms with E-state index < -0.39 is 0 Å². The van der Waals surface area contributed by atoms with Gasteiger partial charge in [-0.2, -0.15) is 0 Å². The van der Waals surface area contributed by atoms with Crippen molar-refractivity contribution in [2.45, 2.75) is 13.5 Å². The van der Waals surface area contributed by atoms with Crippen LogP contribution in [0.25, 0.3) is 0 Å². The molecule has 0 atom stereocenters. The van der Waals surface area contributed by atoms with Crippen molar-refractivity contribution >= 4 is 17.5 Å². The minimum absolute atomic E-state index is 0.128. The molecule has 0 aliphatic carbocycles. The van der Waals surface area contributed by atoms with Gasteiger partial charge in [-0.25, -0.2) is 0 Å². The van der Waals surface area contributed by atoms with E-state index in [1.807, 2.05) is 31.2 Å². The zero-order chi connectivity index (χ0) is 17.5. The van der Waals surface area contributed by atoms with Crippen LogP contribution in [0.4, 0.5) is 5.69 Å². The van der Waals surface area contributed by atoms with E-state index in [0.717, 1.165) is 24.3 Å². The van der Waals surface area contributed by atoms with Gasteiger partial charge < -0.3 is 15.5 Å². The molecule has 0 fully saturated rings. The van der Waals surface area contributed by atoms with Gasteiger partial charge in [0.05, 0.1) is 0 Å². The van der Waals surface area contributed by atoms with E-state index in [0.29, 0.717) is 11.1 Å². The van der Waals surface area contributed by atoms with Gasteiger partial charge in [-0.3, -0.25) is 9.59 Å². The summed E-state index contributed by atoms with van der Waals surface area (Å²) in [6.45, 7) is 3.70. The van der Waals surface area contributed by atoms with Crippen molar-refractivity contribution in [2.75, 3.05) is 26.0 Å². The van der Waals surface area contributed by atoms with Crippen LogP contribution in [0.15, 0.2) is 48.5 Å². The lowest BCUT2D eigenvalue weighted by Gasteiger charge is -2.11. The summed E-state index contributed by atoms with van der Waals surface area (Å²) in [5.74, 6) is -0.360. The van der Waals surface area contributed by atoms with Crippen LogP contribution in [0.5, 0.6) is 0 Å². The molecule has 0 aliphatic rings. The molecular weight excluding hydrogens is 302 g/mol. The number of benzene rings is 2. The molecule has 24 heavy (non-hydrogen) atoms. The molecular formula is C19H23N3O2. The third-order valence-corrected chi connectivity index (χ3v) is 3.54. The second-order valence-electron chi connectivity index (χ2n) is 5.72. The summed E-state index contributed by atoms with van der Waals surface area (Å²) in [6, 6.07) is 14.4. The Hall–Kier alpha value is -2.66. The van der Waals surface area contributed by atoms with Gasteiger partial charge in [0.25, 0.3) is 11.8 Å². The van der Waals surface area contributed by atoms with Crippen molar-refractivity contribution in [3.05, 3.63) is 65.2 Å². The molecule has 0 saturated heterocycles. The minimum atomic E-state index is -0.232. The molecule has 0 unspecified atom stereocenters. The molecule has 0 heterocycles. The van der Waals surface area contributed by atoms with Crippen molar-refractivity contribution < 1.29 is 9.59 Å². The standard InChI is InChI=1S/C19H23N3O2/c1-4-20-13-14-7-5-10-17(11-14)21-18(23)15-8-6-9-16(12-15)19(24)22(2)3/h5-12,20H,4,13H2,1-3H3,(H,21,23). The maximum Gasteiger partial charge on any atom is 0.255 e. The third kappa shape index (κ3) is 4.67. The Morgan fingerprint density at radius 3 is 2.42 bits per heavy atom. The van der Waals surface area contributed by atoms with Crippen LogP contribution in [-0.2, 0) is 6.54 Å². The zero-order valence-electron chi connectivity index (χ0n) is 14.3. The highest BCUT2D eigenvalue weighted by molar-refractivity contribution is 6.06. The number of amides is 2. The fourth-order valence-electron chi connectivity index (χ4n) is 2.28. The molecule has 0 radical (unpaired) electrons. The smallest absolute Gasteiger partial charge is 0.255 e. The molecule has 126 valence electrons. The summed E-state index contributed by atoms with van der Waals surface area (Å²) >= 11 is 0. The Kier molecular flexibility index (Phi) is 6.09. The fraction of sp³-hybridized carbons (Fsp3) is 0.263. The number of nitrogens with one attached hydrogen (secondary N) is 2. The quantitative estimate of drug-likeness (QED) is 0.858. The highest BCUT2D eigenvalue weighted by atomic mass is 16.2. The van der Waals surface area contributed by atoms with Gasteiger partial charge in [0, 0.05) is 37.5 Å². The SMILES string of the molecule is CCNCc1cccc(NC(=O)c2cccc(C(=O)N(C)C)c2)c1. The fourth-order valence-corrected chi connectivity index (χ4v) is 2.28. The van der Waals surface area contributed by atoms with E-state index in [4.69, 9.17) is 0 Å². The third-order valence-electron chi connectivity index (χ3n) is 3.54. The highest BCUT2D eigenvalue weighted by Crippen LogP contribution is 2.14. The molecule has 2 aromatic rings. The molecule has 0 aromatic heterocycles. The number of nitrogens with zero attached hydrogens (tertiary/aromatic N) is 1. The Bertz CT molecular complexity index is 726. The van der Waals surface area contributed by atoms with Crippen molar-refractivity contribution in [2.24, 2.45) is 0 Å². The van der Waals surface area contributed by atoms with Crippen LogP contribution < -0.4 is 10.6 Å². The second-order valence-corrected chi connectivity index (χ2v) is 5.72. The largest absolute Gasteiger partial charge is 0.345 e. The first kappa shape index (κ1) is 17.7. The van der Waals surface area contributed by atoms with Crippen molar-refractivity contribution in [1.29, 1.82) is 0 Å². The lowest BCUT2D eigenvalue weighted by molar-refractivity contribution is 0.0827. The number of hydrogen-bond acceptors (Lipinski definition) is 3. The van der Waals surface area contributed by atoms with Crippen molar-refractivity contribution in [1.82, 2.24) is 10.2 Å². The van der Waals surface area contributed by atoms with Gasteiger partial charge in [-0.15, -0.1) is 0 Å². The van der Waals surface area contributed by atoms with Crippen molar-refractivity contribution in [3.63, 3.8) is 0 Å². The van der Waals surface area contributed by atoms with E-state index >= 15 is 0 Å². The monoisotopic (exact) mass is 325 g/mol. The lowest BCUT2D eigenvalue weighted by Crippen LogP contribution is -2.22. The number of carbonyl (C=O) groups is 2. The highest BCUT2D eigenvalue weighted by Gasteiger charge is 2.12. The van der Waals surface area contributed by atoms with Crippen LogP contribution in [-0.4, -0.2) is 37.4 Å². The van der Waals surface area contributed by atoms with Gasteiger partial charge in [0.1, 0.15) is 0 Å².